The zero-order valence-electron chi connectivity index (χ0n) is 19.1. The largest absolute Gasteiger partial charge is 0.378 e. The maximum atomic E-state index is 14.2. The Balaban J connectivity index is 1.28. The van der Waals surface area contributed by atoms with Crippen molar-refractivity contribution in [1.29, 1.82) is 0 Å². The van der Waals surface area contributed by atoms with Crippen LogP contribution in [-0.2, 0) is 11.3 Å². The van der Waals surface area contributed by atoms with Gasteiger partial charge in [-0.05, 0) is 51.5 Å². The Morgan fingerprint density at radius 2 is 2.00 bits per heavy atom. The van der Waals surface area contributed by atoms with E-state index >= 15 is 0 Å². The summed E-state index contributed by atoms with van der Waals surface area (Å²) in [7, 11) is 4.13. The fourth-order valence-corrected chi connectivity index (χ4v) is 4.41. The highest BCUT2D eigenvalue weighted by Crippen LogP contribution is 2.30. The molecule has 0 radical (unpaired) electrons. The fraction of sp³-hybridized carbons (Fsp3) is 0.609. The summed E-state index contributed by atoms with van der Waals surface area (Å²) in [4.78, 5) is 20.0. The number of nitrogens with zero attached hydrogens (tertiary/aromatic N) is 6. The Labute approximate surface area is 189 Å². The first kappa shape index (κ1) is 22.8. The minimum atomic E-state index is -0.414. The Morgan fingerprint density at radius 1 is 1.16 bits per heavy atom. The average molecular weight is 444 g/mol. The van der Waals surface area contributed by atoms with E-state index in [-0.39, 0.29) is 5.82 Å². The van der Waals surface area contributed by atoms with Crippen LogP contribution < -0.4 is 10.2 Å². The van der Waals surface area contributed by atoms with Crippen LogP contribution in [0.3, 0.4) is 0 Å². The molecule has 2 aliphatic rings. The number of aromatic nitrogens is 3. The molecule has 1 N–H and O–H groups in total. The Hall–Kier alpha value is -2.36. The molecule has 2 saturated heterocycles. The third kappa shape index (κ3) is 5.90. The van der Waals surface area contributed by atoms with Crippen LogP contribution >= 0.6 is 0 Å². The van der Waals surface area contributed by atoms with Crippen LogP contribution in [0.15, 0.2) is 24.5 Å². The first-order chi connectivity index (χ1) is 15.6. The Kier molecular flexibility index (Phi) is 7.83. The first-order valence-electron chi connectivity index (χ1n) is 11.5. The van der Waals surface area contributed by atoms with E-state index in [0.29, 0.717) is 31.7 Å². The van der Waals surface area contributed by atoms with Gasteiger partial charge in [0.2, 0.25) is 5.95 Å². The highest BCUT2D eigenvalue weighted by atomic mass is 19.1. The molecule has 32 heavy (non-hydrogen) atoms. The third-order valence-corrected chi connectivity index (χ3v) is 5.99. The van der Waals surface area contributed by atoms with Gasteiger partial charge < -0.3 is 19.9 Å². The van der Waals surface area contributed by atoms with E-state index < -0.39 is 5.82 Å². The lowest BCUT2D eigenvalue weighted by atomic mass is 10.1. The summed E-state index contributed by atoms with van der Waals surface area (Å²) in [5.41, 5.74) is 2.38. The number of likely N-dealkylation sites (tertiary alicyclic amines) is 1. The minimum absolute atomic E-state index is 0.276. The zero-order valence-corrected chi connectivity index (χ0v) is 19.1. The van der Waals surface area contributed by atoms with Gasteiger partial charge in [0, 0.05) is 38.9 Å². The summed E-state index contributed by atoms with van der Waals surface area (Å²) < 4.78 is 19.6. The molecule has 0 spiro atoms. The molecule has 0 saturated carbocycles. The summed E-state index contributed by atoms with van der Waals surface area (Å²) in [5.74, 6) is 0.418. The molecular weight excluding hydrogens is 409 g/mol. The summed E-state index contributed by atoms with van der Waals surface area (Å²) in [5, 5.41) is 3.17. The predicted molar refractivity (Wildman–Crippen MR) is 123 cm³/mol. The molecule has 0 bridgehead atoms. The van der Waals surface area contributed by atoms with Gasteiger partial charge in [-0.25, -0.2) is 9.37 Å². The smallest absolute Gasteiger partial charge is 0.227 e. The van der Waals surface area contributed by atoms with E-state index in [1.807, 2.05) is 11.1 Å². The normalized spacial score (nSPS) is 19.6. The SMILES string of the molecule is CN(C)Cc1ccc(C2CCCN2CCCNc2nc(N3CCOCC3)ncc2F)nc1. The molecule has 0 aromatic carbocycles. The van der Waals surface area contributed by atoms with Gasteiger partial charge in [-0.2, -0.15) is 4.98 Å². The van der Waals surface area contributed by atoms with Crippen molar-refractivity contribution in [2.45, 2.75) is 31.8 Å². The molecule has 174 valence electrons. The van der Waals surface area contributed by atoms with Crippen molar-refractivity contribution in [3.8, 4) is 0 Å². The van der Waals surface area contributed by atoms with Crippen molar-refractivity contribution >= 4 is 11.8 Å². The first-order valence-corrected chi connectivity index (χ1v) is 11.5. The van der Waals surface area contributed by atoms with Gasteiger partial charge in [0.1, 0.15) is 0 Å². The lowest BCUT2D eigenvalue weighted by molar-refractivity contribution is 0.122. The van der Waals surface area contributed by atoms with E-state index in [0.717, 1.165) is 51.3 Å². The van der Waals surface area contributed by atoms with Gasteiger partial charge in [-0.1, -0.05) is 6.07 Å². The van der Waals surface area contributed by atoms with E-state index in [4.69, 9.17) is 9.72 Å². The van der Waals surface area contributed by atoms with Crippen molar-refractivity contribution < 1.29 is 9.13 Å². The van der Waals surface area contributed by atoms with E-state index in [9.17, 15) is 4.39 Å². The molecule has 1 unspecified atom stereocenters. The molecule has 2 aromatic heterocycles. The standard InChI is InChI=1S/C23H34FN7O/c1-29(2)17-18-6-7-20(26-15-18)21-5-3-9-30(21)10-4-8-25-22-19(24)16-27-23(28-22)31-11-13-32-14-12-31/h6-7,15-16,21H,3-5,8-14,17H2,1-2H3,(H,25,27,28). The topological polar surface area (TPSA) is 69.7 Å². The molecule has 2 aliphatic heterocycles. The molecule has 0 aliphatic carbocycles. The molecule has 2 aromatic rings. The monoisotopic (exact) mass is 443 g/mol. The predicted octanol–water partition coefficient (Wildman–Crippen LogP) is 2.55. The van der Waals surface area contributed by atoms with Gasteiger partial charge in [0.15, 0.2) is 11.6 Å². The van der Waals surface area contributed by atoms with Crippen LogP contribution in [0.5, 0.6) is 0 Å². The van der Waals surface area contributed by atoms with Crippen molar-refractivity contribution in [2.24, 2.45) is 0 Å². The highest BCUT2D eigenvalue weighted by Gasteiger charge is 2.26. The molecule has 0 amide bonds. The lowest BCUT2D eigenvalue weighted by Crippen LogP contribution is -2.37. The third-order valence-electron chi connectivity index (χ3n) is 5.99. The quantitative estimate of drug-likeness (QED) is 0.593. The second-order valence-corrected chi connectivity index (χ2v) is 8.77. The maximum Gasteiger partial charge on any atom is 0.227 e. The van der Waals surface area contributed by atoms with Crippen molar-refractivity contribution in [3.63, 3.8) is 0 Å². The maximum absolute atomic E-state index is 14.2. The molecule has 2 fully saturated rings. The van der Waals surface area contributed by atoms with Gasteiger partial charge in [0.25, 0.3) is 0 Å². The molecule has 4 rings (SSSR count). The highest BCUT2D eigenvalue weighted by molar-refractivity contribution is 5.42. The summed E-state index contributed by atoms with van der Waals surface area (Å²) in [6.45, 7) is 6.34. The van der Waals surface area contributed by atoms with Crippen LogP contribution in [-0.4, -0.2) is 84.8 Å². The van der Waals surface area contributed by atoms with Crippen LogP contribution in [0.1, 0.15) is 36.6 Å². The summed E-state index contributed by atoms with van der Waals surface area (Å²) in [6.07, 6.45) is 6.48. The van der Waals surface area contributed by atoms with Gasteiger partial charge in [0.05, 0.1) is 31.1 Å². The fourth-order valence-electron chi connectivity index (χ4n) is 4.41. The average Bonchev–Trinajstić information content (AvgIpc) is 3.27. The molecule has 9 heteroatoms. The van der Waals surface area contributed by atoms with Crippen molar-refractivity contribution in [1.82, 2.24) is 24.8 Å². The molecule has 8 nitrogen and oxygen atoms in total. The van der Waals surface area contributed by atoms with Crippen LogP contribution in [0.2, 0.25) is 0 Å². The second kappa shape index (κ2) is 11.0. The van der Waals surface area contributed by atoms with Crippen molar-refractivity contribution in [3.05, 3.63) is 41.6 Å². The van der Waals surface area contributed by atoms with E-state index in [1.165, 1.54) is 18.2 Å². The van der Waals surface area contributed by atoms with Gasteiger partial charge in [-0.3, -0.25) is 9.88 Å². The number of pyridine rings is 1. The number of ether oxygens (including phenoxy) is 1. The number of anilines is 2. The number of hydrogen-bond donors (Lipinski definition) is 1. The van der Waals surface area contributed by atoms with Crippen molar-refractivity contribution in [2.75, 3.05) is 70.2 Å². The van der Waals surface area contributed by atoms with Crippen LogP contribution in [0, 0.1) is 5.82 Å². The van der Waals surface area contributed by atoms with E-state index in [1.54, 1.807) is 0 Å². The van der Waals surface area contributed by atoms with Crippen LogP contribution in [0.25, 0.3) is 0 Å². The lowest BCUT2D eigenvalue weighted by Gasteiger charge is -2.27. The number of nitrogens with one attached hydrogen (secondary N) is 1. The van der Waals surface area contributed by atoms with Crippen LogP contribution in [0.4, 0.5) is 16.2 Å². The number of hydrogen-bond acceptors (Lipinski definition) is 8. The number of rotatable bonds is 9. The molecular formula is C23H34FN7O. The summed E-state index contributed by atoms with van der Waals surface area (Å²) in [6, 6.07) is 4.72. The zero-order chi connectivity index (χ0) is 22.3. The number of halogens is 1. The van der Waals surface area contributed by atoms with Gasteiger partial charge in [-0.15, -0.1) is 0 Å². The second-order valence-electron chi connectivity index (χ2n) is 8.77. The Bertz CT molecular complexity index is 858. The summed E-state index contributed by atoms with van der Waals surface area (Å²) >= 11 is 0. The van der Waals surface area contributed by atoms with Gasteiger partial charge >= 0.3 is 0 Å². The minimum Gasteiger partial charge on any atom is -0.378 e. The number of morpholine rings is 1. The Morgan fingerprint density at radius 3 is 2.75 bits per heavy atom. The molecule has 4 heterocycles. The van der Waals surface area contributed by atoms with E-state index in [2.05, 4.69) is 51.3 Å². The molecule has 1 atom stereocenters.